The SMILES string of the molecule is CC1Sc2ccc(C(=O)Nc3ncc(Cc4cccc(Cl)c4)s3)cc2NC1=O. The van der Waals surface area contributed by atoms with E-state index in [2.05, 4.69) is 15.6 Å². The molecule has 1 aliphatic heterocycles. The van der Waals surface area contributed by atoms with Crippen LogP contribution in [-0.2, 0) is 11.2 Å². The molecule has 5 nitrogen and oxygen atoms in total. The van der Waals surface area contributed by atoms with E-state index >= 15 is 0 Å². The van der Waals surface area contributed by atoms with Gasteiger partial charge in [-0.15, -0.1) is 23.1 Å². The van der Waals surface area contributed by atoms with Gasteiger partial charge in [0.15, 0.2) is 5.13 Å². The number of aromatic nitrogens is 1. The molecule has 2 N–H and O–H groups in total. The summed E-state index contributed by atoms with van der Waals surface area (Å²) >= 11 is 8.94. The van der Waals surface area contributed by atoms with Crippen LogP contribution in [-0.4, -0.2) is 22.0 Å². The van der Waals surface area contributed by atoms with E-state index in [1.165, 1.54) is 23.1 Å². The molecule has 1 aliphatic rings. The molecule has 2 heterocycles. The largest absolute Gasteiger partial charge is 0.324 e. The zero-order valence-corrected chi connectivity index (χ0v) is 17.3. The van der Waals surface area contributed by atoms with Gasteiger partial charge in [-0.2, -0.15) is 0 Å². The van der Waals surface area contributed by atoms with Crippen molar-refractivity contribution in [1.82, 2.24) is 4.98 Å². The number of thioether (sulfide) groups is 1. The number of carbonyl (C=O) groups is 2. The molecule has 0 spiro atoms. The molecule has 0 saturated heterocycles. The maximum absolute atomic E-state index is 12.6. The first-order valence-corrected chi connectivity index (χ1v) is 10.7. The van der Waals surface area contributed by atoms with Gasteiger partial charge in [0.1, 0.15) is 0 Å². The van der Waals surface area contributed by atoms with E-state index in [0.717, 1.165) is 15.3 Å². The second-order valence-electron chi connectivity index (χ2n) is 6.35. The number of hydrogen-bond donors (Lipinski definition) is 2. The normalized spacial score (nSPS) is 15.6. The summed E-state index contributed by atoms with van der Waals surface area (Å²) in [5.74, 6) is -0.315. The minimum atomic E-state index is -0.260. The van der Waals surface area contributed by atoms with Crippen LogP contribution >= 0.6 is 34.7 Å². The predicted molar refractivity (Wildman–Crippen MR) is 115 cm³/mol. The molecular formula is C20H16ClN3O2S2. The molecule has 4 rings (SSSR count). The van der Waals surface area contributed by atoms with Crippen molar-refractivity contribution in [2.24, 2.45) is 0 Å². The predicted octanol–water partition coefficient (Wildman–Crippen LogP) is 5.07. The molecule has 0 radical (unpaired) electrons. The first kappa shape index (κ1) is 19.0. The lowest BCUT2D eigenvalue weighted by molar-refractivity contribution is -0.115. The maximum atomic E-state index is 12.6. The standard InChI is InChI=1S/C20H16ClN3O2S2/c1-11-18(25)23-16-9-13(5-6-17(16)27-11)19(26)24-20-22-10-15(28-20)8-12-3-2-4-14(21)7-12/h2-7,9-11H,8H2,1H3,(H,23,25)(H,22,24,26). The Labute approximate surface area is 175 Å². The maximum Gasteiger partial charge on any atom is 0.257 e. The third-order valence-corrected chi connectivity index (χ3v) is 6.54. The molecule has 0 fully saturated rings. The first-order chi connectivity index (χ1) is 13.5. The lowest BCUT2D eigenvalue weighted by atomic mass is 10.1. The number of hydrogen-bond acceptors (Lipinski definition) is 5. The molecule has 3 aromatic rings. The highest BCUT2D eigenvalue weighted by Crippen LogP contribution is 2.36. The Kier molecular flexibility index (Phi) is 5.39. The monoisotopic (exact) mass is 429 g/mol. The molecule has 1 aromatic heterocycles. The van der Waals surface area contributed by atoms with Gasteiger partial charge >= 0.3 is 0 Å². The minimum absolute atomic E-state index is 0.0550. The zero-order valence-electron chi connectivity index (χ0n) is 14.9. The number of halogens is 1. The lowest BCUT2D eigenvalue weighted by Crippen LogP contribution is -2.26. The van der Waals surface area contributed by atoms with Crippen LogP contribution in [0, 0.1) is 0 Å². The summed E-state index contributed by atoms with van der Waals surface area (Å²) in [6, 6.07) is 13.0. The molecule has 2 aromatic carbocycles. The quantitative estimate of drug-likeness (QED) is 0.607. The van der Waals surface area contributed by atoms with E-state index in [-0.39, 0.29) is 17.1 Å². The summed E-state index contributed by atoms with van der Waals surface area (Å²) in [6.07, 6.45) is 2.46. The Morgan fingerprint density at radius 2 is 2.14 bits per heavy atom. The molecule has 8 heteroatoms. The van der Waals surface area contributed by atoms with Crippen LogP contribution in [0.15, 0.2) is 53.6 Å². The number of benzene rings is 2. The molecule has 2 amide bonds. The average molecular weight is 430 g/mol. The number of nitrogens with one attached hydrogen (secondary N) is 2. The molecule has 0 aliphatic carbocycles. The van der Waals surface area contributed by atoms with E-state index in [0.29, 0.717) is 27.8 Å². The Bertz CT molecular complexity index is 1070. The van der Waals surface area contributed by atoms with Gasteiger partial charge in [0.25, 0.3) is 5.91 Å². The van der Waals surface area contributed by atoms with E-state index < -0.39 is 0 Å². The van der Waals surface area contributed by atoms with Gasteiger partial charge in [-0.25, -0.2) is 4.98 Å². The number of amides is 2. The molecular weight excluding hydrogens is 414 g/mol. The first-order valence-electron chi connectivity index (χ1n) is 8.60. The topological polar surface area (TPSA) is 71.1 Å². The lowest BCUT2D eigenvalue weighted by Gasteiger charge is -2.21. The highest BCUT2D eigenvalue weighted by atomic mass is 35.5. The molecule has 0 bridgehead atoms. The zero-order chi connectivity index (χ0) is 19.7. The van der Waals surface area contributed by atoms with E-state index in [1.54, 1.807) is 18.3 Å². The fourth-order valence-electron chi connectivity index (χ4n) is 2.81. The number of carbonyl (C=O) groups excluding carboxylic acids is 2. The summed E-state index contributed by atoms with van der Waals surface area (Å²) in [5, 5.41) is 6.76. The Balaban J connectivity index is 1.45. The summed E-state index contributed by atoms with van der Waals surface area (Å²) < 4.78 is 0. The van der Waals surface area contributed by atoms with Crippen LogP contribution in [0.1, 0.15) is 27.7 Å². The van der Waals surface area contributed by atoms with Crippen LogP contribution in [0.3, 0.4) is 0 Å². The van der Waals surface area contributed by atoms with Crippen LogP contribution in [0.4, 0.5) is 10.8 Å². The number of nitrogens with zero attached hydrogens (tertiary/aromatic N) is 1. The van der Waals surface area contributed by atoms with Crippen LogP contribution in [0.2, 0.25) is 5.02 Å². The highest BCUT2D eigenvalue weighted by molar-refractivity contribution is 8.00. The Hall–Kier alpha value is -2.35. The van der Waals surface area contributed by atoms with Gasteiger partial charge in [-0.3, -0.25) is 14.9 Å². The molecule has 1 unspecified atom stereocenters. The number of thiazole rings is 1. The Morgan fingerprint density at radius 1 is 1.29 bits per heavy atom. The van der Waals surface area contributed by atoms with E-state index in [9.17, 15) is 9.59 Å². The smallest absolute Gasteiger partial charge is 0.257 e. The van der Waals surface area contributed by atoms with E-state index in [4.69, 9.17) is 11.6 Å². The van der Waals surface area contributed by atoms with E-state index in [1.807, 2.05) is 37.3 Å². The number of fused-ring (bicyclic) bond motifs is 1. The molecule has 0 saturated carbocycles. The van der Waals surface area contributed by atoms with Crippen LogP contribution in [0.5, 0.6) is 0 Å². The second kappa shape index (κ2) is 7.95. The van der Waals surface area contributed by atoms with Crippen molar-refractivity contribution < 1.29 is 9.59 Å². The number of anilines is 2. The third-order valence-electron chi connectivity index (χ3n) is 4.21. The summed E-state index contributed by atoms with van der Waals surface area (Å²) in [7, 11) is 0. The fourth-order valence-corrected chi connectivity index (χ4v) is 4.80. The van der Waals surface area contributed by atoms with Crippen molar-refractivity contribution in [3.63, 3.8) is 0 Å². The average Bonchev–Trinajstić information content (AvgIpc) is 3.09. The minimum Gasteiger partial charge on any atom is -0.324 e. The summed E-state index contributed by atoms with van der Waals surface area (Å²) in [6.45, 7) is 1.85. The molecule has 1 atom stereocenters. The Morgan fingerprint density at radius 3 is 2.96 bits per heavy atom. The molecule has 142 valence electrons. The third kappa shape index (κ3) is 4.22. The number of rotatable bonds is 4. The highest BCUT2D eigenvalue weighted by Gasteiger charge is 2.24. The van der Waals surface area contributed by atoms with Gasteiger partial charge < -0.3 is 5.32 Å². The van der Waals surface area contributed by atoms with Crippen LogP contribution in [0.25, 0.3) is 0 Å². The van der Waals surface area contributed by atoms with Crippen molar-refractivity contribution in [3.8, 4) is 0 Å². The van der Waals surface area contributed by atoms with Crippen molar-refractivity contribution in [2.45, 2.75) is 23.5 Å². The van der Waals surface area contributed by atoms with Crippen molar-refractivity contribution in [2.75, 3.05) is 10.6 Å². The van der Waals surface area contributed by atoms with Gasteiger partial charge in [-0.05, 0) is 42.8 Å². The van der Waals surface area contributed by atoms with Gasteiger partial charge in [-0.1, -0.05) is 23.7 Å². The van der Waals surface area contributed by atoms with Crippen molar-refractivity contribution in [1.29, 1.82) is 0 Å². The fraction of sp³-hybridized carbons (Fsp3) is 0.150. The second-order valence-corrected chi connectivity index (χ2v) is 9.29. The summed E-state index contributed by atoms with van der Waals surface area (Å²) in [4.78, 5) is 30.7. The van der Waals surface area contributed by atoms with Gasteiger partial charge in [0.2, 0.25) is 5.91 Å². The van der Waals surface area contributed by atoms with Crippen molar-refractivity contribution >= 4 is 57.3 Å². The van der Waals surface area contributed by atoms with Crippen LogP contribution < -0.4 is 10.6 Å². The van der Waals surface area contributed by atoms with Gasteiger partial charge in [0, 0.05) is 33.0 Å². The van der Waals surface area contributed by atoms with Gasteiger partial charge in [0.05, 0.1) is 10.9 Å². The molecule has 28 heavy (non-hydrogen) atoms. The van der Waals surface area contributed by atoms with Crippen molar-refractivity contribution in [3.05, 3.63) is 69.7 Å². The summed E-state index contributed by atoms with van der Waals surface area (Å²) in [5.41, 5.74) is 2.23.